The number of pyridine rings is 1. The number of carbonyl (C=O) groups is 2. The van der Waals surface area contributed by atoms with Gasteiger partial charge < -0.3 is 10.6 Å². The number of anilines is 1. The molecule has 180 valence electrons. The van der Waals surface area contributed by atoms with Gasteiger partial charge in [-0.25, -0.2) is 0 Å². The molecule has 0 fully saturated rings. The smallest absolute Gasteiger partial charge is 0.265 e. The molecule has 8 heteroatoms. The average molecular weight is 496 g/mol. The molecule has 36 heavy (non-hydrogen) atoms. The minimum Gasteiger partial charge on any atom is -0.345 e. The second-order valence-electron chi connectivity index (χ2n) is 8.52. The summed E-state index contributed by atoms with van der Waals surface area (Å²) in [5.74, 6) is -0.281. The second kappa shape index (κ2) is 10.1. The van der Waals surface area contributed by atoms with Gasteiger partial charge in [-0.3, -0.25) is 19.3 Å². The maximum absolute atomic E-state index is 13.0. The molecule has 5 aromatic rings. The van der Waals surface area contributed by atoms with Crippen LogP contribution in [0.3, 0.4) is 0 Å². The van der Waals surface area contributed by atoms with Crippen LogP contribution in [0, 0.1) is 0 Å². The summed E-state index contributed by atoms with van der Waals surface area (Å²) in [6, 6.07) is 19.3. The Morgan fingerprint density at radius 2 is 1.89 bits per heavy atom. The molecule has 1 atom stereocenters. The van der Waals surface area contributed by atoms with Crippen molar-refractivity contribution in [3.05, 3.63) is 101 Å². The van der Waals surface area contributed by atoms with E-state index in [1.54, 1.807) is 36.5 Å². The van der Waals surface area contributed by atoms with Crippen LogP contribution in [0.5, 0.6) is 0 Å². The van der Waals surface area contributed by atoms with Gasteiger partial charge in [0.1, 0.15) is 0 Å². The number of aryl methyl sites for hydroxylation is 1. The molecule has 0 unspecified atom stereocenters. The number of nitrogens with zero attached hydrogens (tertiary/aromatic N) is 3. The molecule has 0 aliphatic rings. The van der Waals surface area contributed by atoms with Crippen LogP contribution in [0.2, 0.25) is 0 Å². The number of benzene rings is 2. The molecule has 3 aromatic heterocycles. The second-order valence-corrected chi connectivity index (χ2v) is 9.60. The van der Waals surface area contributed by atoms with Crippen molar-refractivity contribution in [2.75, 3.05) is 5.32 Å². The van der Waals surface area contributed by atoms with E-state index in [0.717, 1.165) is 33.2 Å². The zero-order valence-electron chi connectivity index (χ0n) is 19.9. The number of hydrogen-bond donors (Lipinski definition) is 2. The van der Waals surface area contributed by atoms with Crippen molar-refractivity contribution in [1.29, 1.82) is 0 Å². The number of carbonyl (C=O) groups excluding carboxylic acids is 2. The monoisotopic (exact) mass is 495 g/mol. The lowest BCUT2D eigenvalue weighted by Gasteiger charge is -2.18. The van der Waals surface area contributed by atoms with Crippen LogP contribution >= 0.6 is 11.3 Å². The maximum Gasteiger partial charge on any atom is 0.265 e. The fourth-order valence-corrected chi connectivity index (χ4v) is 4.99. The Morgan fingerprint density at radius 1 is 1.00 bits per heavy atom. The summed E-state index contributed by atoms with van der Waals surface area (Å²) in [5.41, 5.74) is 3.29. The van der Waals surface area contributed by atoms with Crippen LogP contribution in [0.15, 0.2) is 85.5 Å². The Morgan fingerprint density at radius 3 is 2.69 bits per heavy atom. The number of hydrogen-bond acceptors (Lipinski definition) is 5. The van der Waals surface area contributed by atoms with E-state index in [9.17, 15) is 9.59 Å². The SMILES string of the molecule is CC[C@@H](NC(=O)c1ccc2cnccc2c1)c1cccc(-c2ccc(C(=O)Nc3cnn(C)c3)s2)c1. The van der Waals surface area contributed by atoms with Crippen molar-refractivity contribution in [3.63, 3.8) is 0 Å². The Kier molecular flexibility index (Phi) is 6.60. The third kappa shape index (κ3) is 5.04. The van der Waals surface area contributed by atoms with Gasteiger partial charge in [-0.1, -0.05) is 31.2 Å². The third-order valence-electron chi connectivity index (χ3n) is 5.98. The standard InChI is InChI=1S/C28H25N5O2S/c1-3-24(32-27(34)21-7-8-22-15-29-12-11-18(22)13-21)19-5-4-6-20(14-19)25-9-10-26(36-25)28(35)31-23-16-30-33(2)17-23/h4-17,24H,3H2,1-2H3,(H,31,35)(H,32,34)/t24-/m1/s1. The van der Waals surface area contributed by atoms with Gasteiger partial charge >= 0.3 is 0 Å². The summed E-state index contributed by atoms with van der Waals surface area (Å²) in [6.45, 7) is 2.05. The lowest BCUT2D eigenvalue weighted by molar-refractivity contribution is 0.0935. The van der Waals surface area contributed by atoms with Gasteiger partial charge in [0.2, 0.25) is 0 Å². The molecule has 2 aromatic carbocycles. The van der Waals surface area contributed by atoms with Crippen LogP contribution in [0.1, 0.15) is 45.0 Å². The number of amides is 2. The molecular formula is C28H25N5O2S. The molecule has 7 nitrogen and oxygen atoms in total. The molecule has 0 saturated carbocycles. The summed E-state index contributed by atoms with van der Waals surface area (Å²) >= 11 is 1.43. The normalized spacial score (nSPS) is 11.8. The Labute approximate surface area is 212 Å². The van der Waals surface area contributed by atoms with Crippen LogP contribution in [-0.4, -0.2) is 26.6 Å². The van der Waals surface area contributed by atoms with E-state index in [1.807, 2.05) is 54.6 Å². The van der Waals surface area contributed by atoms with Crippen LogP contribution in [0.4, 0.5) is 5.69 Å². The molecule has 0 bridgehead atoms. The zero-order chi connectivity index (χ0) is 25.1. The maximum atomic E-state index is 13.0. The molecule has 0 saturated heterocycles. The van der Waals surface area contributed by atoms with Crippen molar-refractivity contribution in [3.8, 4) is 10.4 Å². The summed E-state index contributed by atoms with van der Waals surface area (Å²) < 4.78 is 1.64. The predicted octanol–water partition coefficient (Wildman–Crippen LogP) is 5.83. The van der Waals surface area contributed by atoms with E-state index in [0.29, 0.717) is 16.1 Å². The third-order valence-corrected chi connectivity index (χ3v) is 7.12. The molecule has 0 spiro atoms. The van der Waals surface area contributed by atoms with E-state index in [4.69, 9.17) is 0 Å². The number of thiophene rings is 1. The van der Waals surface area contributed by atoms with Gasteiger partial charge in [-0.05, 0) is 59.3 Å². The van der Waals surface area contributed by atoms with Crippen molar-refractivity contribution in [2.45, 2.75) is 19.4 Å². The quantitative estimate of drug-likeness (QED) is 0.297. The van der Waals surface area contributed by atoms with E-state index >= 15 is 0 Å². The highest BCUT2D eigenvalue weighted by molar-refractivity contribution is 7.17. The van der Waals surface area contributed by atoms with Crippen LogP contribution in [0.25, 0.3) is 21.2 Å². The molecular weight excluding hydrogens is 470 g/mol. The predicted molar refractivity (Wildman–Crippen MR) is 143 cm³/mol. The number of nitrogens with one attached hydrogen (secondary N) is 2. The summed E-state index contributed by atoms with van der Waals surface area (Å²) in [5, 5.41) is 12.1. The minimum absolute atomic E-state index is 0.114. The molecule has 2 N–H and O–H groups in total. The molecule has 0 aliphatic heterocycles. The van der Waals surface area contributed by atoms with Gasteiger partial charge in [0, 0.05) is 41.5 Å². The van der Waals surface area contributed by atoms with Crippen molar-refractivity contribution in [1.82, 2.24) is 20.1 Å². The first kappa shape index (κ1) is 23.4. The molecule has 5 rings (SSSR count). The van der Waals surface area contributed by atoms with Crippen molar-refractivity contribution in [2.24, 2.45) is 7.05 Å². The summed E-state index contributed by atoms with van der Waals surface area (Å²) in [7, 11) is 1.80. The summed E-state index contributed by atoms with van der Waals surface area (Å²) in [6.07, 6.45) is 7.63. The highest BCUT2D eigenvalue weighted by Crippen LogP contribution is 2.31. The number of fused-ring (bicyclic) bond motifs is 1. The van der Waals surface area contributed by atoms with Crippen molar-refractivity contribution >= 4 is 39.6 Å². The van der Waals surface area contributed by atoms with E-state index in [-0.39, 0.29) is 17.9 Å². The van der Waals surface area contributed by atoms with Gasteiger partial charge in [0.25, 0.3) is 11.8 Å². The number of rotatable bonds is 7. The first-order valence-corrected chi connectivity index (χ1v) is 12.5. The lowest BCUT2D eigenvalue weighted by Crippen LogP contribution is -2.28. The lowest BCUT2D eigenvalue weighted by atomic mass is 10.0. The van der Waals surface area contributed by atoms with Gasteiger partial charge in [0.05, 0.1) is 22.8 Å². The Bertz CT molecular complexity index is 1550. The Hall–Kier alpha value is -4.30. The van der Waals surface area contributed by atoms with Crippen molar-refractivity contribution < 1.29 is 9.59 Å². The minimum atomic E-state index is -0.166. The fourth-order valence-electron chi connectivity index (χ4n) is 4.09. The first-order chi connectivity index (χ1) is 17.5. The van der Waals surface area contributed by atoms with E-state index in [2.05, 4.69) is 33.7 Å². The van der Waals surface area contributed by atoms with Gasteiger partial charge in [-0.2, -0.15) is 5.10 Å². The zero-order valence-corrected chi connectivity index (χ0v) is 20.8. The average Bonchev–Trinajstić information content (AvgIpc) is 3.56. The highest BCUT2D eigenvalue weighted by Gasteiger charge is 2.17. The molecule has 0 radical (unpaired) electrons. The van der Waals surface area contributed by atoms with Crippen LogP contribution in [-0.2, 0) is 7.05 Å². The molecule has 3 heterocycles. The van der Waals surface area contributed by atoms with Gasteiger partial charge in [0.15, 0.2) is 0 Å². The van der Waals surface area contributed by atoms with E-state index < -0.39 is 0 Å². The Balaban J connectivity index is 1.32. The number of aromatic nitrogens is 3. The first-order valence-electron chi connectivity index (χ1n) is 11.6. The topological polar surface area (TPSA) is 88.9 Å². The van der Waals surface area contributed by atoms with Crippen LogP contribution < -0.4 is 10.6 Å². The van der Waals surface area contributed by atoms with Gasteiger partial charge in [-0.15, -0.1) is 11.3 Å². The highest BCUT2D eigenvalue weighted by atomic mass is 32.1. The molecule has 0 aliphatic carbocycles. The molecule has 2 amide bonds. The largest absolute Gasteiger partial charge is 0.345 e. The fraction of sp³-hybridized carbons (Fsp3) is 0.143. The summed E-state index contributed by atoms with van der Waals surface area (Å²) in [4.78, 5) is 31.4. The van der Waals surface area contributed by atoms with E-state index in [1.165, 1.54) is 11.3 Å².